The predicted molar refractivity (Wildman–Crippen MR) is 118 cm³/mol. The summed E-state index contributed by atoms with van der Waals surface area (Å²) in [5, 5.41) is 4.67. The second-order valence-electron chi connectivity index (χ2n) is 7.69. The third kappa shape index (κ3) is 4.60. The summed E-state index contributed by atoms with van der Waals surface area (Å²) in [4.78, 5) is 26.6. The minimum absolute atomic E-state index is 0.0473. The van der Waals surface area contributed by atoms with Gasteiger partial charge in [0.05, 0.1) is 16.9 Å². The monoisotopic (exact) mass is 418 g/mol. The molecule has 2 amide bonds. The number of benzene rings is 1. The predicted octanol–water partition coefficient (Wildman–Crippen LogP) is 3.55. The van der Waals surface area contributed by atoms with E-state index in [0.29, 0.717) is 30.1 Å². The van der Waals surface area contributed by atoms with Crippen LogP contribution in [0.1, 0.15) is 53.3 Å². The summed E-state index contributed by atoms with van der Waals surface area (Å²) in [6, 6.07) is 13.4. The second-order valence-corrected chi connectivity index (χ2v) is 7.69. The van der Waals surface area contributed by atoms with Crippen molar-refractivity contribution in [2.75, 3.05) is 13.1 Å². The van der Waals surface area contributed by atoms with E-state index in [9.17, 15) is 9.59 Å². The molecule has 1 aromatic carbocycles. The summed E-state index contributed by atoms with van der Waals surface area (Å²) >= 11 is 0. The van der Waals surface area contributed by atoms with Crippen molar-refractivity contribution in [1.82, 2.24) is 14.7 Å². The normalized spacial score (nSPS) is 16.7. The number of furan rings is 1. The number of hydrogen-bond donors (Lipinski definition) is 1. The van der Waals surface area contributed by atoms with Crippen LogP contribution in [0, 0.1) is 0 Å². The van der Waals surface area contributed by atoms with Crippen molar-refractivity contribution in [2.45, 2.75) is 32.1 Å². The van der Waals surface area contributed by atoms with Gasteiger partial charge in [0, 0.05) is 37.7 Å². The van der Waals surface area contributed by atoms with Gasteiger partial charge in [0.1, 0.15) is 11.5 Å². The van der Waals surface area contributed by atoms with Gasteiger partial charge < -0.3 is 15.1 Å². The van der Waals surface area contributed by atoms with Crippen molar-refractivity contribution < 1.29 is 14.0 Å². The van der Waals surface area contributed by atoms with E-state index in [0.717, 1.165) is 30.7 Å². The Balaban J connectivity index is 1.52. The number of primary amides is 1. The molecular weight excluding hydrogens is 392 g/mol. The van der Waals surface area contributed by atoms with Gasteiger partial charge in [0.25, 0.3) is 5.91 Å². The molecule has 0 spiro atoms. The number of rotatable bonds is 6. The van der Waals surface area contributed by atoms with E-state index in [1.165, 1.54) is 6.08 Å². The molecule has 3 aromatic rings. The molecule has 7 heteroatoms. The Morgan fingerprint density at radius 2 is 2.03 bits per heavy atom. The van der Waals surface area contributed by atoms with Crippen LogP contribution < -0.4 is 5.73 Å². The van der Waals surface area contributed by atoms with E-state index in [1.54, 1.807) is 21.9 Å². The molecule has 3 heterocycles. The third-order valence-corrected chi connectivity index (χ3v) is 5.57. The van der Waals surface area contributed by atoms with Gasteiger partial charge >= 0.3 is 0 Å². The van der Waals surface area contributed by atoms with Crippen LogP contribution in [-0.4, -0.2) is 39.6 Å². The number of nitrogens with zero attached hydrogens (tertiary/aromatic N) is 3. The quantitative estimate of drug-likeness (QED) is 0.620. The zero-order valence-electron chi connectivity index (χ0n) is 17.5. The van der Waals surface area contributed by atoms with E-state index in [2.05, 4.69) is 5.10 Å². The fourth-order valence-corrected chi connectivity index (χ4v) is 3.93. The van der Waals surface area contributed by atoms with Crippen molar-refractivity contribution in [3.63, 3.8) is 0 Å². The highest BCUT2D eigenvalue weighted by Crippen LogP contribution is 2.29. The first-order valence-corrected chi connectivity index (χ1v) is 10.6. The lowest BCUT2D eigenvalue weighted by Gasteiger charge is -2.31. The molecule has 1 aliphatic heterocycles. The number of carbonyl (C=O) groups is 2. The van der Waals surface area contributed by atoms with Crippen molar-refractivity contribution in [1.29, 1.82) is 0 Å². The van der Waals surface area contributed by atoms with Crippen LogP contribution in [0.3, 0.4) is 0 Å². The molecule has 0 radical (unpaired) electrons. The second kappa shape index (κ2) is 9.04. The fraction of sp³-hybridized carbons (Fsp3) is 0.292. The number of para-hydroxylation sites is 1. The zero-order chi connectivity index (χ0) is 21.8. The summed E-state index contributed by atoms with van der Waals surface area (Å²) in [6.45, 7) is 3.18. The number of hydrogen-bond acceptors (Lipinski definition) is 4. The number of likely N-dealkylation sites (tertiary alicyclic amines) is 1. The molecule has 7 nitrogen and oxygen atoms in total. The molecule has 160 valence electrons. The summed E-state index contributed by atoms with van der Waals surface area (Å²) < 4.78 is 7.31. The number of carbonyl (C=O) groups excluding carboxylic acids is 2. The average molecular weight is 418 g/mol. The van der Waals surface area contributed by atoms with Crippen molar-refractivity contribution in [3.05, 3.63) is 77.5 Å². The average Bonchev–Trinajstić information content (AvgIpc) is 3.45. The highest BCUT2D eigenvalue weighted by atomic mass is 16.3. The topological polar surface area (TPSA) is 94.4 Å². The van der Waals surface area contributed by atoms with Crippen LogP contribution >= 0.6 is 0 Å². The van der Waals surface area contributed by atoms with Gasteiger partial charge in [-0.3, -0.25) is 9.59 Å². The van der Waals surface area contributed by atoms with Gasteiger partial charge in [-0.1, -0.05) is 25.1 Å². The molecule has 0 bridgehead atoms. The Morgan fingerprint density at radius 3 is 2.74 bits per heavy atom. The van der Waals surface area contributed by atoms with Crippen LogP contribution in [0.4, 0.5) is 0 Å². The van der Waals surface area contributed by atoms with Gasteiger partial charge in [-0.15, -0.1) is 0 Å². The Bertz CT molecular complexity index is 1100. The van der Waals surface area contributed by atoms with Gasteiger partial charge in [0.15, 0.2) is 0 Å². The molecule has 4 rings (SSSR count). The molecule has 1 aliphatic rings. The minimum atomic E-state index is -0.509. The van der Waals surface area contributed by atoms with Crippen molar-refractivity contribution in [2.24, 2.45) is 5.73 Å². The molecule has 2 N–H and O–H groups in total. The standard InChI is InChI=1S/C24H26N4O3/c1-2-19-10-11-20(31-19)12-13-22(29)27-14-6-7-17(15-27)23-21(24(25)30)16-28(26-23)18-8-4-3-5-9-18/h3-5,8-13,16-17H,2,6-7,14-15H2,1H3,(H2,25,30)/b13-12+. The van der Waals surface area contributed by atoms with Crippen LogP contribution in [-0.2, 0) is 11.2 Å². The Hall–Kier alpha value is -3.61. The highest BCUT2D eigenvalue weighted by Gasteiger charge is 2.29. The van der Waals surface area contributed by atoms with E-state index in [1.807, 2.05) is 49.4 Å². The van der Waals surface area contributed by atoms with Gasteiger partial charge in [-0.2, -0.15) is 5.10 Å². The Kier molecular flexibility index (Phi) is 6.02. The number of aromatic nitrogens is 2. The van der Waals surface area contributed by atoms with Gasteiger partial charge in [0.2, 0.25) is 5.91 Å². The van der Waals surface area contributed by atoms with E-state index >= 15 is 0 Å². The van der Waals surface area contributed by atoms with E-state index < -0.39 is 5.91 Å². The fourth-order valence-electron chi connectivity index (χ4n) is 3.93. The first-order valence-electron chi connectivity index (χ1n) is 10.6. The molecule has 2 aromatic heterocycles. The zero-order valence-corrected chi connectivity index (χ0v) is 17.5. The number of aryl methyl sites for hydroxylation is 1. The molecule has 1 saturated heterocycles. The Morgan fingerprint density at radius 1 is 1.23 bits per heavy atom. The maximum absolute atomic E-state index is 12.8. The van der Waals surface area contributed by atoms with E-state index in [4.69, 9.17) is 10.2 Å². The summed E-state index contributed by atoms with van der Waals surface area (Å²) in [5.74, 6) is 0.913. The lowest BCUT2D eigenvalue weighted by molar-refractivity contribution is -0.127. The summed E-state index contributed by atoms with van der Waals surface area (Å²) in [7, 11) is 0. The number of amides is 2. The molecule has 31 heavy (non-hydrogen) atoms. The molecular formula is C24H26N4O3. The lowest BCUT2D eigenvalue weighted by atomic mass is 9.92. The Labute approximate surface area is 181 Å². The third-order valence-electron chi connectivity index (χ3n) is 5.57. The molecule has 1 fully saturated rings. The first kappa shape index (κ1) is 20.7. The molecule has 1 unspecified atom stereocenters. The van der Waals surface area contributed by atoms with Crippen LogP contribution in [0.5, 0.6) is 0 Å². The maximum Gasteiger partial charge on any atom is 0.252 e. The summed E-state index contributed by atoms with van der Waals surface area (Å²) in [5.41, 5.74) is 7.55. The molecule has 0 saturated carbocycles. The summed E-state index contributed by atoms with van der Waals surface area (Å²) in [6.07, 6.45) is 7.41. The SMILES string of the molecule is CCc1ccc(/C=C/C(=O)N2CCCC(c3nn(-c4ccccc4)cc3C(N)=O)C2)o1. The highest BCUT2D eigenvalue weighted by molar-refractivity contribution is 5.94. The first-order chi connectivity index (χ1) is 15.0. The van der Waals surface area contributed by atoms with Crippen LogP contribution in [0.15, 0.2) is 59.2 Å². The lowest BCUT2D eigenvalue weighted by Crippen LogP contribution is -2.38. The van der Waals surface area contributed by atoms with Crippen molar-refractivity contribution >= 4 is 17.9 Å². The van der Waals surface area contributed by atoms with Crippen molar-refractivity contribution in [3.8, 4) is 5.69 Å². The number of piperidine rings is 1. The smallest absolute Gasteiger partial charge is 0.252 e. The van der Waals surface area contributed by atoms with E-state index in [-0.39, 0.29) is 11.8 Å². The van der Waals surface area contributed by atoms with Gasteiger partial charge in [-0.05, 0) is 43.2 Å². The molecule has 1 atom stereocenters. The largest absolute Gasteiger partial charge is 0.462 e. The number of nitrogens with two attached hydrogens (primary N) is 1. The maximum atomic E-state index is 12.8. The molecule has 0 aliphatic carbocycles. The minimum Gasteiger partial charge on any atom is -0.462 e. The van der Waals surface area contributed by atoms with Crippen LogP contribution in [0.2, 0.25) is 0 Å². The van der Waals surface area contributed by atoms with Crippen LogP contribution in [0.25, 0.3) is 11.8 Å². The van der Waals surface area contributed by atoms with Gasteiger partial charge in [-0.25, -0.2) is 4.68 Å².